The van der Waals surface area contributed by atoms with Crippen LogP contribution in [0.5, 0.6) is 0 Å². The van der Waals surface area contributed by atoms with Crippen LogP contribution in [0.2, 0.25) is 0 Å². The van der Waals surface area contributed by atoms with E-state index in [0.717, 1.165) is 25.4 Å². The summed E-state index contributed by atoms with van der Waals surface area (Å²) in [6.07, 6.45) is 9.33. The SMILES string of the molecule is CCCNC(Cn1nc(C)c(CC)c1C)C1CCCCC1. The van der Waals surface area contributed by atoms with Gasteiger partial charge in [-0.2, -0.15) is 5.10 Å². The Morgan fingerprint density at radius 2 is 1.90 bits per heavy atom. The second kappa shape index (κ2) is 7.98. The lowest BCUT2D eigenvalue weighted by Crippen LogP contribution is -2.41. The van der Waals surface area contributed by atoms with Crippen molar-refractivity contribution in [1.29, 1.82) is 0 Å². The van der Waals surface area contributed by atoms with Gasteiger partial charge in [-0.05, 0) is 57.6 Å². The van der Waals surface area contributed by atoms with Crippen LogP contribution in [0.1, 0.15) is 69.3 Å². The molecule has 0 saturated heterocycles. The maximum Gasteiger partial charge on any atom is 0.0628 e. The Bertz CT molecular complexity index is 430. The minimum absolute atomic E-state index is 0.591. The van der Waals surface area contributed by atoms with Crippen LogP contribution in [0.15, 0.2) is 0 Å². The molecule has 1 saturated carbocycles. The first-order valence-electron chi connectivity index (χ1n) is 8.93. The molecule has 3 heteroatoms. The summed E-state index contributed by atoms with van der Waals surface area (Å²) in [4.78, 5) is 0. The van der Waals surface area contributed by atoms with Crippen LogP contribution in [0.25, 0.3) is 0 Å². The predicted octanol–water partition coefficient (Wildman–Crippen LogP) is 4.01. The number of nitrogens with zero attached hydrogens (tertiary/aromatic N) is 2. The first-order valence-corrected chi connectivity index (χ1v) is 8.93. The van der Waals surface area contributed by atoms with Crippen molar-refractivity contribution in [3.8, 4) is 0 Å². The van der Waals surface area contributed by atoms with Gasteiger partial charge in [-0.1, -0.05) is 33.1 Å². The van der Waals surface area contributed by atoms with Gasteiger partial charge < -0.3 is 5.32 Å². The summed E-state index contributed by atoms with van der Waals surface area (Å²) >= 11 is 0. The molecule has 120 valence electrons. The first kappa shape index (κ1) is 16.5. The Kier molecular flexibility index (Phi) is 6.28. The Morgan fingerprint density at radius 1 is 1.19 bits per heavy atom. The summed E-state index contributed by atoms with van der Waals surface area (Å²) in [6.45, 7) is 11.0. The molecule has 1 aliphatic rings. The second-order valence-corrected chi connectivity index (χ2v) is 6.64. The number of hydrogen-bond acceptors (Lipinski definition) is 2. The van der Waals surface area contributed by atoms with Gasteiger partial charge in [-0.15, -0.1) is 0 Å². The first-order chi connectivity index (χ1) is 10.2. The van der Waals surface area contributed by atoms with Crippen molar-refractivity contribution in [2.75, 3.05) is 6.54 Å². The average Bonchev–Trinajstić information content (AvgIpc) is 2.78. The summed E-state index contributed by atoms with van der Waals surface area (Å²) in [5.74, 6) is 0.833. The molecule has 1 atom stereocenters. The minimum atomic E-state index is 0.591. The van der Waals surface area contributed by atoms with E-state index in [9.17, 15) is 0 Å². The third-order valence-corrected chi connectivity index (χ3v) is 5.13. The van der Waals surface area contributed by atoms with Crippen molar-refractivity contribution in [1.82, 2.24) is 15.1 Å². The maximum absolute atomic E-state index is 4.80. The zero-order valence-corrected chi connectivity index (χ0v) is 14.4. The van der Waals surface area contributed by atoms with E-state index in [4.69, 9.17) is 5.10 Å². The molecule has 1 N–H and O–H groups in total. The Labute approximate surface area is 130 Å². The van der Waals surface area contributed by atoms with Crippen LogP contribution in [-0.4, -0.2) is 22.4 Å². The standard InChI is InChI=1S/C18H33N3/c1-5-12-19-18(16-10-8-7-9-11-16)13-21-15(4)17(6-2)14(3)20-21/h16,18-19H,5-13H2,1-4H3. The highest BCUT2D eigenvalue weighted by Crippen LogP contribution is 2.27. The fourth-order valence-corrected chi connectivity index (χ4v) is 3.86. The molecule has 1 fully saturated rings. The summed E-state index contributed by atoms with van der Waals surface area (Å²) in [7, 11) is 0. The van der Waals surface area contributed by atoms with Gasteiger partial charge in [0.15, 0.2) is 0 Å². The van der Waals surface area contributed by atoms with Crippen LogP contribution in [0, 0.1) is 19.8 Å². The van der Waals surface area contributed by atoms with Crippen molar-refractivity contribution in [3.63, 3.8) is 0 Å². The van der Waals surface area contributed by atoms with Gasteiger partial charge in [0.25, 0.3) is 0 Å². The number of aromatic nitrogens is 2. The van der Waals surface area contributed by atoms with Gasteiger partial charge in [0.05, 0.1) is 12.2 Å². The van der Waals surface area contributed by atoms with Crippen molar-refractivity contribution >= 4 is 0 Å². The predicted molar refractivity (Wildman–Crippen MR) is 89.7 cm³/mol. The van der Waals surface area contributed by atoms with E-state index in [-0.39, 0.29) is 0 Å². The number of hydrogen-bond donors (Lipinski definition) is 1. The largest absolute Gasteiger partial charge is 0.312 e. The normalized spacial score (nSPS) is 18.1. The molecule has 1 unspecified atom stereocenters. The summed E-state index contributed by atoms with van der Waals surface area (Å²) in [6, 6.07) is 0.591. The molecule has 21 heavy (non-hydrogen) atoms. The molecular weight excluding hydrogens is 258 g/mol. The molecule has 0 radical (unpaired) electrons. The Hall–Kier alpha value is -0.830. The molecule has 0 amide bonds. The molecule has 1 heterocycles. The van der Waals surface area contributed by atoms with Crippen LogP contribution in [0.3, 0.4) is 0 Å². The highest BCUT2D eigenvalue weighted by Gasteiger charge is 2.24. The van der Waals surface area contributed by atoms with E-state index in [1.165, 1.54) is 55.5 Å². The van der Waals surface area contributed by atoms with E-state index in [1.807, 2.05) is 0 Å². The fourth-order valence-electron chi connectivity index (χ4n) is 3.86. The number of rotatable bonds is 7. The van der Waals surface area contributed by atoms with E-state index in [2.05, 4.69) is 37.7 Å². The van der Waals surface area contributed by atoms with Crippen LogP contribution >= 0.6 is 0 Å². The van der Waals surface area contributed by atoms with Gasteiger partial charge in [0, 0.05) is 11.7 Å². The lowest BCUT2D eigenvalue weighted by molar-refractivity contribution is 0.241. The molecule has 0 bridgehead atoms. The smallest absolute Gasteiger partial charge is 0.0628 e. The van der Waals surface area contributed by atoms with Crippen LogP contribution < -0.4 is 5.32 Å². The van der Waals surface area contributed by atoms with Gasteiger partial charge in [-0.25, -0.2) is 0 Å². The van der Waals surface area contributed by atoms with Crippen LogP contribution in [0.4, 0.5) is 0 Å². The molecule has 1 aliphatic carbocycles. The van der Waals surface area contributed by atoms with Crippen molar-refractivity contribution in [2.45, 2.75) is 85.2 Å². The zero-order valence-electron chi connectivity index (χ0n) is 14.4. The van der Waals surface area contributed by atoms with E-state index in [0.29, 0.717) is 6.04 Å². The van der Waals surface area contributed by atoms with E-state index < -0.39 is 0 Å². The highest BCUT2D eigenvalue weighted by molar-refractivity contribution is 5.24. The van der Waals surface area contributed by atoms with E-state index >= 15 is 0 Å². The summed E-state index contributed by atoms with van der Waals surface area (Å²) < 4.78 is 2.26. The summed E-state index contributed by atoms with van der Waals surface area (Å²) in [5.41, 5.74) is 4.02. The number of nitrogens with one attached hydrogen (secondary N) is 1. The Balaban J connectivity index is 2.10. The third kappa shape index (κ3) is 4.09. The molecule has 0 spiro atoms. The molecule has 1 aromatic rings. The zero-order chi connectivity index (χ0) is 15.2. The monoisotopic (exact) mass is 291 g/mol. The lowest BCUT2D eigenvalue weighted by Gasteiger charge is -2.31. The van der Waals surface area contributed by atoms with E-state index in [1.54, 1.807) is 0 Å². The molecule has 1 aromatic heterocycles. The van der Waals surface area contributed by atoms with Gasteiger partial charge in [0.2, 0.25) is 0 Å². The van der Waals surface area contributed by atoms with Crippen molar-refractivity contribution in [2.24, 2.45) is 5.92 Å². The quantitative estimate of drug-likeness (QED) is 0.822. The minimum Gasteiger partial charge on any atom is -0.312 e. The lowest BCUT2D eigenvalue weighted by atomic mass is 9.83. The maximum atomic E-state index is 4.80. The topological polar surface area (TPSA) is 29.9 Å². The van der Waals surface area contributed by atoms with Crippen molar-refractivity contribution in [3.05, 3.63) is 17.0 Å². The highest BCUT2D eigenvalue weighted by atomic mass is 15.3. The van der Waals surface area contributed by atoms with Crippen LogP contribution in [-0.2, 0) is 13.0 Å². The third-order valence-electron chi connectivity index (χ3n) is 5.13. The Morgan fingerprint density at radius 3 is 2.48 bits per heavy atom. The van der Waals surface area contributed by atoms with Crippen molar-refractivity contribution < 1.29 is 0 Å². The van der Waals surface area contributed by atoms with Gasteiger partial charge in [0.1, 0.15) is 0 Å². The molecular formula is C18H33N3. The van der Waals surface area contributed by atoms with Gasteiger partial charge >= 0.3 is 0 Å². The molecule has 2 rings (SSSR count). The summed E-state index contributed by atoms with van der Waals surface area (Å²) in [5, 5.41) is 8.60. The average molecular weight is 291 g/mol. The van der Waals surface area contributed by atoms with Gasteiger partial charge in [-0.3, -0.25) is 4.68 Å². The number of aryl methyl sites for hydroxylation is 1. The second-order valence-electron chi connectivity index (χ2n) is 6.64. The molecule has 0 aromatic carbocycles. The molecule has 3 nitrogen and oxygen atoms in total. The fraction of sp³-hybridized carbons (Fsp3) is 0.833. The molecule has 0 aliphatic heterocycles.